The molecule has 0 radical (unpaired) electrons. The van der Waals surface area contributed by atoms with E-state index in [-0.39, 0.29) is 30.2 Å². The lowest BCUT2D eigenvalue weighted by Crippen LogP contribution is -2.43. The zero-order chi connectivity index (χ0) is 16.9. The summed E-state index contributed by atoms with van der Waals surface area (Å²) < 4.78 is 18.7. The van der Waals surface area contributed by atoms with Crippen molar-refractivity contribution >= 4 is 17.5 Å². The predicted octanol–water partition coefficient (Wildman–Crippen LogP) is 1.60. The number of amides is 2. The number of carbonyl (C=O) groups is 2. The van der Waals surface area contributed by atoms with Crippen LogP contribution < -0.4 is 5.43 Å². The number of ether oxygens (including phenoxy) is 1. The fourth-order valence-corrected chi connectivity index (χ4v) is 2.87. The first-order valence-corrected chi connectivity index (χ1v) is 8.12. The topological polar surface area (TPSA) is 71.0 Å². The molecule has 1 aromatic carbocycles. The van der Waals surface area contributed by atoms with Gasteiger partial charge in [-0.3, -0.25) is 9.59 Å². The number of halogens is 1. The fourth-order valence-electron chi connectivity index (χ4n) is 2.87. The third-order valence-corrected chi connectivity index (χ3v) is 4.17. The van der Waals surface area contributed by atoms with Crippen molar-refractivity contribution in [2.45, 2.75) is 38.3 Å². The summed E-state index contributed by atoms with van der Waals surface area (Å²) in [7, 11) is 0. The first-order valence-electron chi connectivity index (χ1n) is 8.12. The van der Waals surface area contributed by atoms with Crippen LogP contribution in [0.4, 0.5) is 4.39 Å². The van der Waals surface area contributed by atoms with Crippen LogP contribution in [0.5, 0.6) is 0 Å². The van der Waals surface area contributed by atoms with E-state index in [2.05, 4.69) is 10.5 Å². The highest BCUT2D eigenvalue weighted by Crippen LogP contribution is 2.17. The highest BCUT2D eigenvalue weighted by atomic mass is 19.1. The van der Waals surface area contributed by atoms with Gasteiger partial charge >= 0.3 is 0 Å². The van der Waals surface area contributed by atoms with Crippen molar-refractivity contribution in [3.8, 4) is 0 Å². The number of benzene rings is 1. The van der Waals surface area contributed by atoms with E-state index >= 15 is 0 Å². The maximum absolute atomic E-state index is 13.1. The highest BCUT2D eigenvalue weighted by molar-refractivity contribution is 6.39. The Labute approximate surface area is 139 Å². The lowest BCUT2D eigenvalue weighted by atomic mass is 10.1. The van der Waals surface area contributed by atoms with Crippen molar-refractivity contribution in [2.24, 2.45) is 5.10 Å². The summed E-state index contributed by atoms with van der Waals surface area (Å²) >= 11 is 0. The van der Waals surface area contributed by atoms with Gasteiger partial charge in [0.05, 0.1) is 6.10 Å². The van der Waals surface area contributed by atoms with E-state index in [0.29, 0.717) is 31.8 Å². The van der Waals surface area contributed by atoms with Gasteiger partial charge in [-0.1, -0.05) is 12.1 Å². The van der Waals surface area contributed by atoms with Gasteiger partial charge in [0.2, 0.25) is 5.91 Å². The Morgan fingerprint density at radius 3 is 2.75 bits per heavy atom. The molecule has 1 atom stereocenters. The summed E-state index contributed by atoms with van der Waals surface area (Å²) in [6, 6.07) is 6.08. The quantitative estimate of drug-likeness (QED) is 0.890. The lowest BCUT2D eigenvalue weighted by Gasteiger charge is -2.27. The summed E-state index contributed by atoms with van der Waals surface area (Å²) in [5, 5.41) is 3.89. The van der Waals surface area contributed by atoms with Crippen molar-refractivity contribution in [1.29, 1.82) is 0 Å². The van der Waals surface area contributed by atoms with Crippen molar-refractivity contribution in [1.82, 2.24) is 10.3 Å². The molecule has 7 heteroatoms. The Morgan fingerprint density at radius 1 is 1.33 bits per heavy atom. The molecule has 3 rings (SSSR count). The Balaban J connectivity index is 1.74. The van der Waals surface area contributed by atoms with Crippen LogP contribution in [0.25, 0.3) is 0 Å². The van der Waals surface area contributed by atoms with Gasteiger partial charge in [-0.15, -0.1) is 0 Å². The molecule has 1 aromatic rings. The van der Waals surface area contributed by atoms with E-state index in [0.717, 1.165) is 18.4 Å². The molecule has 1 N–H and O–H groups in total. The molecular formula is C17H20FN3O3. The number of hydrogen-bond acceptors (Lipinski definition) is 4. The van der Waals surface area contributed by atoms with Crippen LogP contribution in [0.15, 0.2) is 29.4 Å². The number of carbonyl (C=O) groups excluding carboxylic acids is 2. The summed E-state index contributed by atoms with van der Waals surface area (Å²) in [6.07, 6.45) is 2.50. The minimum Gasteiger partial charge on any atom is -0.376 e. The van der Waals surface area contributed by atoms with E-state index in [4.69, 9.17) is 4.74 Å². The van der Waals surface area contributed by atoms with Crippen LogP contribution in [0, 0.1) is 5.82 Å². The molecule has 0 spiro atoms. The Morgan fingerprint density at radius 2 is 2.12 bits per heavy atom. The molecule has 24 heavy (non-hydrogen) atoms. The van der Waals surface area contributed by atoms with Crippen LogP contribution in [0.2, 0.25) is 0 Å². The van der Waals surface area contributed by atoms with Crippen LogP contribution in [0.3, 0.4) is 0 Å². The minimum atomic E-state index is -0.310. The number of nitrogens with one attached hydrogen (secondary N) is 1. The maximum Gasteiger partial charge on any atom is 0.270 e. The smallest absolute Gasteiger partial charge is 0.270 e. The van der Waals surface area contributed by atoms with Gasteiger partial charge in [-0.2, -0.15) is 5.10 Å². The molecule has 128 valence electrons. The normalized spacial score (nSPS) is 20.5. The van der Waals surface area contributed by atoms with Crippen molar-refractivity contribution in [2.75, 3.05) is 13.2 Å². The fraction of sp³-hybridized carbons (Fsp3) is 0.471. The molecule has 0 bridgehead atoms. The number of hydrogen-bond donors (Lipinski definition) is 1. The van der Waals surface area contributed by atoms with Crippen molar-refractivity contribution in [3.63, 3.8) is 0 Å². The largest absolute Gasteiger partial charge is 0.376 e. The number of nitrogens with zero attached hydrogens (tertiary/aromatic N) is 2. The second-order valence-corrected chi connectivity index (χ2v) is 6.04. The molecule has 0 aliphatic carbocycles. The Kier molecular flexibility index (Phi) is 5.20. The SMILES string of the molecule is O=C1CCC(C(=O)N(Cc2ccc(F)cc2)C[C@@H]2CCCO2)=NN1. The van der Waals surface area contributed by atoms with Gasteiger partial charge in [0.1, 0.15) is 11.5 Å². The zero-order valence-corrected chi connectivity index (χ0v) is 13.3. The molecule has 2 amide bonds. The summed E-state index contributed by atoms with van der Waals surface area (Å²) in [6.45, 7) is 1.52. The molecule has 6 nitrogen and oxygen atoms in total. The van der Waals surface area contributed by atoms with Gasteiger partial charge in [-0.05, 0) is 30.5 Å². The summed E-state index contributed by atoms with van der Waals surface area (Å²) in [5.41, 5.74) is 3.53. The molecular weight excluding hydrogens is 313 g/mol. The van der Waals surface area contributed by atoms with Crippen LogP contribution in [-0.2, 0) is 20.9 Å². The van der Waals surface area contributed by atoms with Gasteiger partial charge in [0.15, 0.2) is 0 Å². The number of hydrazone groups is 1. The third-order valence-electron chi connectivity index (χ3n) is 4.17. The highest BCUT2D eigenvalue weighted by Gasteiger charge is 2.27. The summed E-state index contributed by atoms with van der Waals surface area (Å²) in [4.78, 5) is 25.6. The molecule has 0 aromatic heterocycles. The first-order chi connectivity index (χ1) is 11.6. The maximum atomic E-state index is 13.1. The summed E-state index contributed by atoms with van der Waals surface area (Å²) in [5.74, 6) is -0.708. The van der Waals surface area contributed by atoms with E-state index in [1.54, 1.807) is 17.0 Å². The average molecular weight is 333 g/mol. The minimum absolute atomic E-state index is 0.00757. The molecule has 2 heterocycles. The van der Waals surface area contributed by atoms with Gasteiger partial charge < -0.3 is 9.64 Å². The van der Waals surface area contributed by atoms with Crippen LogP contribution in [-0.4, -0.2) is 41.7 Å². The van der Waals surface area contributed by atoms with E-state index in [1.807, 2.05) is 0 Å². The molecule has 2 aliphatic heterocycles. The molecule has 1 fully saturated rings. The molecule has 0 saturated carbocycles. The zero-order valence-electron chi connectivity index (χ0n) is 13.3. The van der Waals surface area contributed by atoms with Gasteiger partial charge in [0.25, 0.3) is 5.91 Å². The van der Waals surface area contributed by atoms with E-state index in [9.17, 15) is 14.0 Å². The third kappa shape index (κ3) is 4.17. The number of rotatable bonds is 5. The average Bonchev–Trinajstić information content (AvgIpc) is 3.09. The molecule has 0 unspecified atom stereocenters. The Bertz CT molecular complexity index is 639. The van der Waals surface area contributed by atoms with Gasteiger partial charge in [0, 0.05) is 32.5 Å². The second kappa shape index (κ2) is 7.53. The Hall–Kier alpha value is -2.28. The predicted molar refractivity (Wildman–Crippen MR) is 85.6 cm³/mol. The van der Waals surface area contributed by atoms with E-state index < -0.39 is 0 Å². The standard InChI is InChI=1S/C17H20FN3O3/c18-13-5-3-12(4-6-13)10-21(11-14-2-1-9-24-14)17(23)15-7-8-16(22)20-19-15/h3-6,14H,1-2,7-11H2,(H,20,22)/t14-/m0/s1. The van der Waals surface area contributed by atoms with Gasteiger partial charge in [-0.25, -0.2) is 9.82 Å². The first kappa shape index (κ1) is 16.6. The van der Waals surface area contributed by atoms with E-state index in [1.165, 1.54) is 12.1 Å². The van der Waals surface area contributed by atoms with Crippen LogP contribution in [0.1, 0.15) is 31.2 Å². The van der Waals surface area contributed by atoms with Crippen molar-refractivity contribution in [3.05, 3.63) is 35.6 Å². The lowest BCUT2D eigenvalue weighted by molar-refractivity contribution is -0.126. The molecule has 2 aliphatic rings. The molecule has 1 saturated heterocycles. The second-order valence-electron chi connectivity index (χ2n) is 6.04. The monoisotopic (exact) mass is 333 g/mol. The van der Waals surface area contributed by atoms with Crippen LogP contribution >= 0.6 is 0 Å². The van der Waals surface area contributed by atoms with Crippen molar-refractivity contribution < 1.29 is 18.7 Å².